The Bertz CT molecular complexity index is 959. The van der Waals surface area contributed by atoms with Crippen LogP contribution in [-0.4, -0.2) is 51.3 Å². The van der Waals surface area contributed by atoms with Gasteiger partial charge in [-0.25, -0.2) is 14.7 Å². The minimum Gasteiger partial charge on any atom is -0.357 e. The Morgan fingerprint density at radius 1 is 1.09 bits per heavy atom. The zero-order chi connectivity index (χ0) is 21.3. The second-order valence-corrected chi connectivity index (χ2v) is 7.80. The van der Waals surface area contributed by atoms with Crippen LogP contribution in [0.4, 0.5) is 0 Å². The summed E-state index contributed by atoms with van der Waals surface area (Å²) in [5, 5.41) is 11.2. The molecular formula is C24H32IN7. The van der Waals surface area contributed by atoms with E-state index < -0.39 is 0 Å². The van der Waals surface area contributed by atoms with Crippen molar-refractivity contribution in [1.82, 2.24) is 30.3 Å². The van der Waals surface area contributed by atoms with Crippen LogP contribution < -0.4 is 10.6 Å². The molecule has 0 saturated carbocycles. The van der Waals surface area contributed by atoms with Crippen molar-refractivity contribution in [3.63, 3.8) is 0 Å². The highest BCUT2D eigenvalue weighted by Gasteiger charge is 2.24. The molecule has 0 amide bonds. The van der Waals surface area contributed by atoms with Crippen molar-refractivity contribution >= 4 is 29.9 Å². The van der Waals surface area contributed by atoms with Gasteiger partial charge in [-0.05, 0) is 55.6 Å². The van der Waals surface area contributed by atoms with Gasteiger partial charge in [-0.3, -0.25) is 4.90 Å². The lowest BCUT2D eigenvalue weighted by Gasteiger charge is -2.25. The number of nitrogens with zero attached hydrogens (tertiary/aromatic N) is 5. The van der Waals surface area contributed by atoms with Crippen molar-refractivity contribution < 1.29 is 0 Å². The summed E-state index contributed by atoms with van der Waals surface area (Å²) in [6.07, 6.45) is 7.92. The second-order valence-electron chi connectivity index (χ2n) is 7.80. The maximum Gasteiger partial charge on any atom is 0.191 e. The fourth-order valence-electron chi connectivity index (χ4n) is 3.97. The molecule has 1 aliphatic heterocycles. The van der Waals surface area contributed by atoms with Gasteiger partial charge in [0.25, 0.3) is 0 Å². The monoisotopic (exact) mass is 545 g/mol. The number of guanidine groups is 1. The smallest absolute Gasteiger partial charge is 0.191 e. The van der Waals surface area contributed by atoms with Crippen LogP contribution in [0.1, 0.15) is 30.9 Å². The Morgan fingerprint density at radius 2 is 1.97 bits per heavy atom. The number of pyridine rings is 1. The molecule has 4 rings (SSSR count). The molecule has 2 N–H and O–H groups in total. The van der Waals surface area contributed by atoms with Crippen molar-refractivity contribution in [2.45, 2.75) is 38.9 Å². The minimum absolute atomic E-state index is 0. The molecule has 1 fully saturated rings. The first-order valence-corrected chi connectivity index (χ1v) is 11.1. The molecule has 7 nitrogen and oxygen atoms in total. The van der Waals surface area contributed by atoms with Crippen molar-refractivity contribution in [2.24, 2.45) is 4.99 Å². The SMILES string of the molecule is CCNC(=NCc1ccnc(-n2cccn2)c1)NCC1CCCN1Cc1ccccc1.I. The molecule has 8 heteroatoms. The van der Waals surface area contributed by atoms with E-state index in [2.05, 4.69) is 62.9 Å². The number of halogens is 1. The number of hydrogen-bond donors (Lipinski definition) is 2. The number of aromatic nitrogens is 3. The van der Waals surface area contributed by atoms with E-state index in [9.17, 15) is 0 Å². The van der Waals surface area contributed by atoms with Crippen molar-refractivity contribution in [3.05, 3.63) is 78.2 Å². The van der Waals surface area contributed by atoms with Gasteiger partial charge in [0.15, 0.2) is 11.8 Å². The van der Waals surface area contributed by atoms with Gasteiger partial charge in [-0.2, -0.15) is 5.10 Å². The fourth-order valence-corrected chi connectivity index (χ4v) is 3.97. The summed E-state index contributed by atoms with van der Waals surface area (Å²) < 4.78 is 1.76. The summed E-state index contributed by atoms with van der Waals surface area (Å²) in [5.74, 6) is 1.66. The van der Waals surface area contributed by atoms with E-state index in [4.69, 9.17) is 4.99 Å². The van der Waals surface area contributed by atoms with E-state index in [0.29, 0.717) is 12.6 Å². The molecule has 0 radical (unpaired) electrons. The molecule has 1 unspecified atom stereocenters. The highest BCUT2D eigenvalue weighted by atomic mass is 127. The van der Waals surface area contributed by atoms with Gasteiger partial charge in [-0.15, -0.1) is 24.0 Å². The Balaban J connectivity index is 0.00000289. The molecule has 32 heavy (non-hydrogen) atoms. The summed E-state index contributed by atoms with van der Waals surface area (Å²) in [6, 6.07) is 17.2. The summed E-state index contributed by atoms with van der Waals surface area (Å²) in [4.78, 5) is 11.8. The molecule has 1 aliphatic rings. The van der Waals surface area contributed by atoms with E-state index in [0.717, 1.165) is 43.5 Å². The molecular weight excluding hydrogens is 513 g/mol. The van der Waals surface area contributed by atoms with Crippen LogP contribution in [0.25, 0.3) is 5.82 Å². The fraction of sp³-hybridized carbons (Fsp3) is 0.375. The topological polar surface area (TPSA) is 70.4 Å². The Kier molecular flexibility index (Phi) is 9.48. The van der Waals surface area contributed by atoms with Gasteiger partial charge in [0.05, 0.1) is 6.54 Å². The Labute approximate surface area is 207 Å². The van der Waals surface area contributed by atoms with Crippen LogP contribution in [0.5, 0.6) is 0 Å². The molecule has 0 spiro atoms. The highest BCUT2D eigenvalue weighted by molar-refractivity contribution is 14.0. The summed E-state index contributed by atoms with van der Waals surface area (Å²) in [5.41, 5.74) is 2.48. The predicted octanol–water partition coefficient (Wildman–Crippen LogP) is 3.61. The third-order valence-corrected chi connectivity index (χ3v) is 5.55. The van der Waals surface area contributed by atoms with E-state index in [1.807, 2.05) is 30.6 Å². The predicted molar refractivity (Wildman–Crippen MR) is 139 cm³/mol. The average Bonchev–Trinajstić information content (AvgIpc) is 3.49. The van der Waals surface area contributed by atoms with E-state index >= 15 is 0 Å². The number of rotatable bonds is 8. The van der Waals surface area contributed by atoms with E-state index in [-0.39, 0.29) is 24.0 Å². The normalized spacial score (nSPS) is 16.5. The lowest BCUT2D eigenvalue weighted by molar-refractivity contribution is 0.245. The van der Waals surface area contributed by atoms with Gasteiger partial charge in [0.1, 0.15) is 0 Å². The second kappa shape index (κ2) is 12.5. The van der Waals surface area contributed by atoms with Crippen LogP contribution in [0.3, 0.4) is 0 Å². The van der Waals surface area contributed by atoms with Crippen LogP contribution in [0.15, 0.2) is 72.1 Å². The Morgan fingerprint density at radius 3 is 2.75 bits per heavy atom. The molecule has 3 aromatic rings. The maximum absolute atomic E-state index is 4.79. The first kappa shape index (κ1) is 24.2. The molecule has 170 valence electrons. The summed E-state index contributed by atoms with van der Waals surface area (Å²) >= 11 is 0. The number of aliphatic imine (C=N–C) groups is 1. The number of nitrogens with one attached hydrogen (secondary N) is 2. The van der Waals surface area contributed by atoms with Gasteiger partial charge in [0.2, 0.25) is 0 Å². The third-order valence-electron chi connectivity index (χ3n) is 5.55. The van der Waals surface area contributed by atoms with Crippen LogP contribution in [0.2, 0.25) is 0 Å². The van der Waals surface area contributed by atoms with Crippen molar-refractivity contribution in [1.29, 1.82) is 0 Å². The van der Waals surface area contributed by atoms with Crippen LogP contribution in [-0.2, 0) is 13.1 Å². The largest absolute Gasteiger partial charge is 0.357 e. The summed E-state index contributed by atoms with van der Waals surface area (Å²) in [7, 11) is 0. The average molecular weight is 545 g/mol. The Hall–Kier alpha value is -2.46. The van der Waals surface area contributed by atoms with Crippen molar-refractivity contribution in [2.75, 3.05) is 19.6 Å². The minimum atomic E-state index is 0. The first-order chi connectivity index (χ1) is 15.3. The van der Waals surface area contributed by atoms with Crippen LogP contribution in [0, 0.1) is 0 Å². The number of hydrogen-bond acceptors (Lipinski definition) is 4. The molecule has 1 saturated heterocycles. The number of likely N-dealkylation sites (tertiary alicyclic amines) is 1. The summed E-state index contributed by atoms with van der Waals surface area (Å²) in [6.45, 7) is 6.57. The zero-order valence-electron chi connectivity index (χ0n) is 18.5. The van der Waals surface area contributed by atoms with Gasteiger partial charge >= 0.3 is 0 Å². The molecule has 2 aromatic heterocycles. The third kappa shape index (κ3) is 6.77. The zero-order valence-corrected chi connectivity index (χ0v) is 20.9. The van der Waals surface area contributed by atoms with E-state index in [1.54, 1.807) is 10.9 Å². The molecule has 1 aromatic carbocycles. The van der Waals surface area contributed by atoms with Gasteiger partial charge < -0.3 is 10.6 Å². The van der Waals surface area contributed by atoms with Gasteiger partial charge in [0, 0.05) is 44.3 Å². The van der Waals surface area contributed by atoms with Crippen molar-refractivity contribution in [3.8, 4) is 5.82 Å². The van der Waals surface area contributed by atoms with Gasteiger partial charge in [-0.1, -0.05) is 30.3 Å². The lowest BCUT2D eigenvalue weighted by atomic mass is 10.2. The maximum atomic E-state index is 4.79. The standard InChI is InChI=1S/C24H31N7.HI/c1-2-25-24(27-17-21-11-13-26-23(16-21)31-15-7-12-29-31)28-18-22-10-6-14-30(22)19-20-8-4-3-5-9-20;/h3-5,7-9,11-13,15-16,22H,2,6,10,14,17-19H2,1H3,(H2,25,27,28);1H. The number of benzene rings is 1. The molecule has 0 bridgehead atoms. The lowest BCUT2D eigenvalue weighted by Crippen LogP contribution is -2.44. The van der Waals surface area contributed by atoms with E-state index in [1.165, 1.54) is 18.4 Å². The first-order valence-electron chi connectivity index (χ1n) is 11.1. The quantitative estimate of drug-likeness (QED) is 0.257. The molecule has 3 heterocycles. The highest BCUT2D eigenvalue weighted by Crippen LogP contribution is 2.19. The molecule has 1 atom stereocenters. The van der Waals surface area contributed by atoms with Crippen LogP contribution >= 0.6 is 24.0 Å². The molecule has 0 aliphatic carbocycles.